The van der Waals surface area contributed by atoms with Crippen molar-refractivity contribution in [2.24, 2.45) is 5.73 Å². The van der Waals surface area contributed by atoms with Crippen LogP contribution in [0.25, 0.3) is 10.8 Å². The third-order valence-corrected chi connectivity index (χ3v) is 5.68. The summed E-state index contributed by atoms with van der Waals surface area (Å²) in [6, 6.07) is 40.6. The van der Waals surface area contributed by atoms with E-state index in [4.69, 9.17) is 11.5 Å². The summed E-state index contributed by atoms with van der Waals surface area (Å²) in [5.41, 5.74) is 17.6. The zero-order valence-corrected chi connectivity index (χ0v) is 20.3. The zero-order chi connectivity index (χ0) is 25.0. The smallest absolute Gasteiger partial charge is 0.0697 e. The lowest BCUT2D eigenvalue weighted by Crippen LogP contribution is -2.09. The van der Waals surface area contributed by atoms with Crippen LogP contribution in [0.3, 0.4) is 0 Å². The predicted molar refractivity (Wildman–Crippen MR) is 156 cm³/mol. The molecule has 0 atom stereocenters. The van der Waals surface area contributed by atoms with Gasteiger partial charge in [0.25, 0.3) is 0 Å². The first kappa shape index (κ1) is 24.6. The summed E-state index contributed by atoms with van der Waals surface area (Å²) in [6.07, 6.45) is 0.972. The number of fused-ring (bicyclic) bond motifs is 1. The first-order valence-corrected chi connectivity index (χ1v) is 12.2. The highest BCUT2D eigenvalue weighted by Crippen LogP contribution is 2.31. The van der Waals surface area contributed by atoms with Crippen molar-refractivity contribution in [1.29, 1.82) is 0 Å². The summed E-state index contributed by atoms with van der Waals surface area (Å²) in [5, 5.41) is 12.5. The Morgan fingerprint density at radius 3 is 1.83 bits per heavy atom. The van der Waals surface area contributed by atoms with Gasteiger partial charge in [-0.25, -0.2) is 0 Å². The number of nitrogens with two attached hydrogens (primary N) is 2. The average molecular weight is 476 g/mol. The number of benzene rings is 5. The van der Waals surface area contributed by atoms with Crippen LogP contribution in [0.15, 0.2) is 121 Å². The van der Waals surface area contributed by atoms with Gasteiger partial charge in [-0.3, -0.25) is 0 Å². The highest BCUT2D eigenvalue weighted by Gasteiger charge is 2.05. The second-order valence-corrected chi connectivity index (χ2v) is 8.35. The molecule has 0 heterocycles. The van der Waals surface area contributed by atoms with Gasteiger partial charge in [-0.1, -0.05) is 78.9 Å². The molecule has 0 saturated heterocycles. The van der Waals surface area contributed by atoms with Crippen molar-refractivity contribution >= 4 is 44.9 Å². The fourth-order valence-corrected chi connectivity index (χ4v) is 3.84. The van der Waals surface area contributed by atoms with Crippen LogP contribution in [-0.2, 0) is 0 Å². The van der Waals surface area contributed by atoms with E-state index < -0.39 is 0 Å². The van der Waals surface area contributed by atoms with Crippen LogP contribution in [0, 0.1) is 0 Å². The molecular weight excluding hydrogens is 442 g/mol. The van der Waals surface area contributed by atoms with Crippen molar-refractivity contribution < 1.29 is 0 Å². The molecule has 5 heteroatoms. The van der Waals surface area contributed by atoms with E-state index in [2.05, 4.69) is 52.3 Å². The molecule has 182 valence electrons. The van der Waals surface area contributed by atoms with E-state index in [1.807, 2.05) is 84.9 Å². The molecule has 0 aliphatic rings. The van der Waals surface area contributed by atoms with Crippen LogP contribution in [-0.4, -0.2) is 13.1 Å². The Bertz CT molecular complexity index is 1350. The van der Waals surface area contributed by atoms with Crippen molar-refractivity contribution in [3.8, 4) is 0 Å². The molecule has 0 saturated carbocycles. The van der Waals surface area contributed by atoms with Crippen molar-refractivity contribution in [3.05, 3.63) is 121 Å². The Balaban J connectivity index is 0.000000169. The lowest BCUT2D eigenvalue weighted by Gasteiger charge is -2.13. The van der Waals surface area contributed by atoms with E-state index >= 15 is 0 Å². The maximum Gasteiger partial charge on any atom is 0.0697 e. The Morgan fingerprint density at radius 2 is 1.14 bits per heavy atom. The number of rotatable bonds is 8. The molecule has 0 aliphatic heterocycles. The number of hydrogen-bond acceptors (Lipinski definition) is 5. The summed E-state index contributed by atoms with van der Waals surface area (Å²) in [4.78, 5) is 0. The lowest BCUT2D eigenvalue weighted by molar-refractivity contribution is 0.874. The minimum atomic E-state index is 0.710. The van der Waals surface area contributed by atoms with Crippen LogP contribution in [0.5, 0.6) is 0 Å². The summed E-state index contributed by atoms with van der Waals surface area (Å²) in [7, 11) is 0. The highest BCUT2D eigenvalue weighted by atomic mass is 15.0. The fraction of sp³-hybridized carbons (Fsp3) is 0.0968. The van der Waals surface area contributed by atoms with Crippen molar-refractivity contribution in [3.63, 3.8) is 0 Å². The van der Waals surface area contributed by atoms with Gasteiger partial charge in [-0.05, 0) is 60.8 Å². The minimum absolute atomic E-state index is 0.710. The van der Waals surface area contributed by atoms with Gasteiger partial charge in [0.15, 0.2) is 0 Å². The molecule has 0 bridgehead atoms. The molecular formula is C31H33N5. The molecule has 0 fully saturated rings. The Hall–Kier alpha value is -4.48. The largest absolute Gasteiger partial charge is 0.397 e. The first-order valence-electron chi connectivity index (χ1n) is 12.2. The molecule has 0 aliphatic carbocycles. The van der Waals surface area contributed by atoms with Crippen LogP contribution >= 0.6 is 0 Å². The fourth-order valence-electron chi connectivity index (χ4n) is 3.84. The molecule has 5 rings (SSSR count). The number of nitrogens with one attached hydrogen (secondary N) is 3. The first-order chi connectivity index (χ1) is 17.7. The predicted octanol–water partition coefficient (Wildman–Crippen LogP) is 7.36. The highest BCUT2D eigenvalue weighted by molar-refractivity contribution is 6.01. The van der Waals surface area contributed by atoms with Gasteiger partial charge in [0.05, 0.1) is 22.7 Å². The summed E-state index contributed by atoms with van der Waals surface area (Å²) < 4.78 is 0. The molecule has 0 unspecified atom stereocenters. The normalized spacial score (nSPS) is 10.2. The van der Waals surface area contributed by atoms with E-state index in [0.29, 0.717) is 6.54 Å². The molecule has 5 aromatic rings. The minimum Gasteiger partial charge on any atom is -0.397 e. The van der Waals surface area contributed by atoms with Crippen LogP contribution in [0.4, 0.5) is 34.1 Å². The van der Waals surface area contributed by atoms with Gasteiger partial charge < -0.3 is 27.4 Å². The van der Waals surface area contributed by atoms with Gasteiger partial charge in [0.2, 0.25) is 0 Å². The third-order valence-electron chi connectivity index (χ3n) is 5.68. The second kappa shape index (κ2) is 12.8. The maximum atomic E-state index is 6.07. The summed E-state index contributed by atoms with van der Waals surface area (Å²) >= 11 is 0. The Labute approximate surface area is 213 Å². The number of anilines is 6. The number of nitrogen functional groups attached to an aromatic ring is 1. The maximum absolute atomic E-state index is 6.07. The van der Waals surface area contributed by atoms with E-state index in [1.165, 1.54) is 5.39 Å². The standard InChI is InChI=1S/C16H14N2.C15H19N3/c17-15-11-10-12-6-4-5-9-14(12)16(15)18-13-7-2-1-3-8-13;16-11-6-12-17-14-9-4-5-10-15(14)18-13-7-2-1-3-8-13/h1-11,18H,17H2;1-5,7-10,17-18H,6,11-12,16H2. The Morgan fingerprint density at radius 1 is 0.556 bits per heavy atom. The van der Waals surface area contributed by atoms with Gasteiger partial charge >= 0.3 is 0 Å². The topological polar surface area (TPSA) is 88.1 Å². The van der Waals surface area contributed by atoms with E-state index in [9.17, 15) is 0 Å². The number of para-hydroxylation sites is 4. The molecule has 0 spiro atoms. The summed E-state index contributed by atoms with van der Waals surface area (Å²) in [6.45, 7) is 1.60. The van der Waals surface area contributed by atoms with Gasteiger partial charge in [-0.2, -0.15) is 0 Å². The van der Waals surface area contributed by atoms with Gasteiger partial charge in [0, 0.05) is 23.3 Å². The van der Waals surface area contributed by atoms with Gasteiger partial charge in [0.1, 0.15) is 0 Å². The molecule has 5 nitrogen and oxygen atoms in total. The second-order valence-electron chi connectivity index (χ2n) is 8.35. The third kappa shape index (κ3) is 6.78. The SMILES string of the molecule is NCCCNc1ccccc1Nc1ccccc1.Nc1ccc2ccccc2c1Nc1ccccc1. The van der Waals surface area contributed by atoms with E-state index in [-0.39, 0.29) is 0 Å². The lowest BCUT2D eigenvalue weighted by atomic mass is 10.1. The molecule has 36 heavy (non-hydrogen) atoms. The van der Waals surface area contributed by atoms with Gasteiger partial charge in [-0.15, -0.1) is 0 Å². The molecule has 7 N–H and O–H groups in total. The van der Waals surface area contributed by atoms with Crippen molar-refractivity contribution in [1.82, 2.24) is 0 Å². The van der Waals surface area contributed by atoms with Crippen LogP contribution < -0.4 is 27.4 Å². The van der Waals surface area contributed by atoms with Crippen molar-refractivity contribution in [2.45, 2.75) is 6.42 Å². The average Bonchev–Trinajstić information content (AvgIpc) is 2.93. The van der Waals surface area contributed by atoms with E-state index in [1.54, 1.807) is 0 Å². The zero-order valence-electron chi connectivity index (χ0n) is 20.3. The van der Waals surface area contributed by atoms with Crippen LogP contribution in [0.1, 0.15) is 6.42 Å². The molecule has 5 aromatic carbocycles. The molecule has 0 aromatic heterocycles. The van der Waals surface area contributed by atoms with Crippen LogP contribution in [0.2, 0.25) is 0 Å². The Kier molecular flexibility index (Phi) is 8.78. The molecule has 0 radical (unpaired) electrons. The quantitative estimate of drug-likeness (QED) is 0.120. The van der Waals surface area contributed by atoms with E-state index in [0.717, 1.165) is 52.5 Å². The molecule has 0 amide bonds. The monoisotopic (exact) mass is 475 g/mol. The van der Waals surface area contributed by atoms with Crippen molar-refractivity contribution in [2.75, 3.05) is 34.8 Å². The summed E-state index contributed by atoms with van der Waals surface area (Å²) in [5.74, 6) is 0. The number of hydrogen-bond donors (Lipinski definition) is 5.